The molecule has 0 saturated carbocycles. The van der Waals surface area contributed by atoms with Gasteiger partial charge in [0.2, 0.25) is 11.8 Å². The highest BCUT2D eigenvalue weighted by atomic mass is 19.1. The van der Waals surface area contributed by atoms with Crippen LogP contribution < -0.4 is 10.6 Å². The monoisotopic (exact) mass is 250 g/mol. The number of halogens is 1. The molecule has 1 aromatic carbocycles. The molecule has 0 spiro atoms. The molecule has 1 aliphatic rings. The largest absolute Gasteiger partial charge is 0.299 e. The van der Waals surface area contributed by atoms with E-state index in [4.69, 9.17) is 0 Å². The van der Waals surface area contributed by atoms with Crippen molar-refractivity contribution in [2.24, 2.45) is 0 Å². The van der Waals surface area contributed by atoms with Crippen molar-refractivity contribution in [1.82, 2.24) is 10.6 Å². The molecule has 2 unspecified atom stereocenters. The summed E-state index contributed by atoms with van der Waals surface area (Å²) in [5.74, 6) is -0.893. The smallest absolute Gasteiger partial charge is 0.243 e. The van der Waals surface area contributed by atoms with E-state index in [0.717, 1.165) is 0 Å². The molecule has 1 saturated heterocycles. The summed E-state index contributed by atoms with van der Waals surface area (Å²) in [5.41, 5.74) is 0.516. The van der Waals surface area contributed by atoms with E-state index in [1.165, 1.54) is 6.07 Å². The van der Waals surface area contributed by atoms with Crippen molar-refractivity contribution < 1.29 is 14.0 Å². The average Bonchev–Trinajstić information content (AvgIpc) is 2.33. The Morgan fingerprint density at radius 1 is 1.39 bits per heavy atom. The van der Waals surface area contributed by atoms with Gasteiger partial charge in [-0.2, -0.15) is 0 Å². The Bertz CT molecular complexity index is 476. The molecule has 1 aliphatic heterocycles. The van der Waals surface area contributed by atoms with Crippen molar-refractivity contribution in [2.45, 2.75) is 31.8 Å². The zero-order valence-electron chi connectivity index (χ0n) is 10.1. The second-order valence-electron chi connectivity index (χ2n) is 4.41. The molecule has 0 radical (unpaired) electrons. The Hall–Kier alpha value is -1.75. The number of carbonyl (C=O) groups is 2. The van der Waals surface area contributed by atoms with Gasteiger partial charge in [0.05, 0.1) is 6.04 Å². The average molecular weight is 250 g/mol. The Morgan fingerprint density at radius 3 is 2.78 bits per heavy atom. The van der Waals surface area contributed by atoms with E-state index in [0.29, 0.717) is 18.4 Å². The predicted octanol–water partition coefficient (Wildman–Crippen LogP) is 1.28. The standard InChI is InChI=1S/C13H15FN2O2/c1-8(9-4-2-3-5-10(9)14)15-11-6-7-12(17)16-13(11)18/h2-5,8,11,15H,6-7H2,1H3,(H,16,17,18). The molecule has 18 heavy (non-hydrogen) atoms. The summed E-state index contributed by atoms with van der Waals surface area (Å²) in [7, 11) is 0. The molecular weight excluding hydrogens is 235 g/mol. The highest BCUT2D eigenvalue weighted by molar-refractivity contribution is 6.00. The minimum atomic E-state index is -0.447. The van der Waals surface area contributed by atoms with Gasteiger partial charge in [-0.05, 0) is 19.4 Å². The first-order chi connectivity index (χ1) is 8.58. The SMILES string of the molecule is CC(NC1CCC(=O)NC1=O)c1ccccc1F. The van der Waals surface area contributed by atoms with E-state index in [2.05, 4.69) is 10.6 Å². The van der Waals surface area contributed by atoms with Crippen LogP contribution in [0.1, 0.15) is 31.4 Å². The fourth-order valence-electron chi connectivity index (χ4n) is 2.07. The molecule has 0 aliphatic carbocycles. The van der Waals surface area contributed by atoms with Crippen LogP contribution in [-0.4, -0.2) is 17.9 Å². The summed E-state index contributed by atoms with van der Waals surface area (Å²) in [6, 6.07) is 5.71. The molecule has 2 rings (SSSR count). The number of rotatable bonds is 3. The maximum Gasteiger partial charge on any atom is 0.243 e. The third kappa shape index (κ3) is 2.73. The molecule has 96 valence electrons. The van der Waals surface area contributed by atoms with Crippen LogP contribution in [0.3, 0.4) is 0 Å². The summed E-state index contributed by atoms with van der Waals surface area (Å²) < 4.78 is 13.6. The van der Waals surface area contributed by atoms with Crippen LogP contribution in [-0.2, 0) is 9.59 Å². The fourth-order valence-corrected chi connectivity index (χ4v) is 2.07. The number of benzene rings is 1. The van der Waals surface area contributed by atoms with Crippen molar-refractivity contribution in [1.29, 1.82) is 0 Å². The number of piperidine rings is 1. The quantitative estimate of drug-likeness (QED) is 0.794. The normalized spacial score (nSPS) is 21.6. The second-order valence-corrected chi connectivity index (χ2v) is 4.41. The first kappa shape index (κ1) is 12.7. The van der Waals surface area contributed by atoms with E-state index in [-0.39, 0.29) is 23.7 Å². The fraction of sp³-hybridized carbons (Fsp3) is 0.385. The number of hydrogen-bond donors (Lipinski definition) is 2. The van der Waals surface area contributed by atoms with Crippen LogP contribution >= 0.6 is 0 Å². The topological polar surface area (TPSA) is 58.2 Å². The molecule has 4 nitrogen and oxygen atoms in total. The van der Waals surface area contributed by atoms with Crippen LogP contribution in [0.15, 0.2) is 24.3 Å². The molecule has 0 bridgehead atoms. The molecule has 0 aromatic heterocycles. The van der Waals surface area contributed by atoms with Crippen LogP contribution in [0, 0.1) is 5.82 Å². The first-order valence-electron chi connectivity index (χ1n) is 5.92. The minimum Gasteiger partial charge on any atom is -0.299 e. The van der Waals surface area contributed by atoms with E-state index >= 15 is 0 Å². The molecule has 2 amide bonds. The van der Waals surface area contributed by atoms with Crippen molar-refractivity contribution in [3.63, 3.8) is 0 Å². The number of hydrogen-bond acceptors (Lipinski definition) is 3. The van der Waals surface area contributed by atoms with Crippen molar-refractivity contribution in [3.05, 3.63) is 35.6 Å². The van der Waals surface area contributed by atoms with Crippen molar-refractivity contribution in [3.8, 4) is 0 Å². The van der Waals surface area contributed by atoms with Crippen LogP contribution in [0.2, 0.25) is 0 Å². The summed E-state index contributed by atoms with van der Waals surface area (Å²) in [5, 5.41) is 5.31. The number of carbonyl (C=O) groups excluding carboxylic acids is 2. The maximum atomic E-state index is 13.6. The van der Waals surface area contributed by atoms with E-state index in [1.54, 1.807) is 25.1 Å². The Labute approximate surface area is 105 Å². The van der Waals surface area contributed by atoms with Gasteiger partial charge in [0.1, 0.15) is 5.82 Å². The minimum absolute atomic E-state index is 0.253. The van der Waals surface area contributed by atoms with Gasteiger partial charge in [-0.15, -0.1) is 0 Å². The lowest BCUT2D eigenvalue weighted by Crippen LogP contribution is -2.51. The second kappa shape index (κ2) is 5.27. The van der Waals surface area contributed by atoms with Gasteiger partial charge in [0.25, 0.3) is 0 Å². The lowest BCUT2D eigenvalue weighted by atomic mass is 10.0. The lowest BCUT2D eigenvalue weighted by molar-refractivity contribution is -0.134. The Morgan fingerprint density at radius 2 is 2.11 bits per heavy atom. The maximum absolute atomic E-state index is 13.6. The molecule has 5 heteroatoms. The molecule has 1 aromatic rings. The number of amides is 2. The highest BCUT2D eigenvalue weighted by Crippen LogP contribution is 2.18. The van der Waals surface area contributed by atoms with Crippen LogP contribution in [0.4, 0.5) is 4.39 Å². The lowest BCUT2D eigenvalue weighted by Gasteiger charge is -2.25. The van der Waals surface area contributed by atoms with Gasteiger partial charge >= 0.3 is 0 Å². The van der Waals surface area contributed by atoms with Gasteiger partial charge in [-0.3, -0.25) is 20.2 Å². The third-order valence-corrected chi connectivity index (χ3v) is 3.06. The summed E-state index contributed by atoms with van der Waals surface area (Å²) in [4.78, 5) is 22.6. The molecule has 2 N–H and O–H groups in total. The van der Waals surface area contributed by atoms with Gasteiger partial charge in [0.15, 0.2) is 0 Å². The van der Waals surface area contributed by atoms with Gasteiger partial charge in [0, 0.05) is 18.0 Å². The van der Waals surface area contributed by atoms with E-state index in [9.17, 15) is 14.0 Å². The van der Waals surface area contributed by atoms with E-state index < -0.39 is 6.04 Å². The number of imide groups is 1. The third-order valence-electron chi connectivity index (χ3n) is 3.06. The van der Waals surface area contributed by atoms with E-state index in [1.807, 2.05) is 0 Å². The zero-order chi connectivity index (χ0) is 13.1. The molecule has 2 atom stereocenters. The zero-order valence-corrected chi connectivity index (χ0v) is 10.1. The highest BCUT2D eigenvalue weighted by Gasteiger charge is 2.28. The van der Waals surface area contributed by atoms with Crippen molar-refractivity contribution in [2.75, 3.05) is 0 Å². The van der Waals surface area contributed by atoms with Crippen LogP contribution in [0.5, 0.6) is 0 Å². The van der Waals surface area contributed by atoms with Gasteiger partial charge in [-0.25, -0.2) is 4.39 Å². The van der Waals surface area contributed by atoms with Crippen LogP contribution in [0.25, 0.3) is 0 Å². The summed E-state index contributed by atoms with van der Waals surface area (Å²) in [6.45, 7) is 1.79. The van der Waals surface area contributed by atoms with Crippen molar-refractivity contribution >= 4 is 11.8 Å². The molecular formula is C13H15FN2O2. The molecule has 1 heterocycles. The summed E-state index contributed by atoms with van der Waals surface area (Å²) in [6.07, 6.45) is 0.761. The summed E-state index contributed by atoms with van der Waals surface area (Å²) >= 11 is 0. The first-order valence-corrected chi connectivity index (χ1v) is 5.92. The molecule has 1 fully saturated rings. The Balaban J connectivity index is 2.04. The predicted molar refractivity (Wildman–Crippen MR) is 64.1 cm³/mol. The van der Waals surface area contributed by atoms with Gasteiger partial charge in [-0.1, -0.05) is 18.2 Å². The number of nitrogens with one attached hydrogen (secondary N) is 2. The van der Waals surface area contributed by atoms with Gasteiger partial charge < -0.3 is 0 Å². The Kier molecular flexibility index (Phi) is 3.72.